The molecule has 2 amide bonds. The van der Waals surface area contributed by atoms with Gasteiger partial charge in [-0.3, -0.25) is 9.59 Å². The summed E-state index contributed by atoms with van der Waals surface area (Å²) < 4.78 is 10.8. The third-order valence-electron chi connectivity index (χ3n) is 5.92. The maximum Gasteiger partial charge on any atom is 0.267 e. The summed E-state index contributed by atoms with van der Waals surface area (Å²) in [5.41, 5.74) is 4.63. The lowest BCUT2D eigenvalue weighted by Crippen LogP contribution is -2.35. The fourth-order valence-corrected chi connectivity index (χ4v) is 4.17. The molecule has 7 nitrogen and oxygen atoms in total. The van der Waals surface area contributed by atoms with E-state index in [0.29, 0.717) is 35.6 Å². The molecule has 176 valence electrons. The zero-order valence-electron chi connectivity index (χ0n) is 19.3. The van der Waals surface area contributed by atoms with Crippen molar-refractivity contribution in [3.8, 4) is 11.5 Å². The number of aromatic amines is 1. The van der Waals surface area contributed by atoms with Crippen molar-refractivity contribution in [1.29, 1.82) is 0 Å². The number of amides is 2. The van der Waals surface area contributed by atoms with Crippen molar-refractivity contribution in [2.75, 3.05) is 13.3 Å². The highest BCUT2D eigenvalue weighted by atomic mass is 16.7. The number of para-hydroxylation sites is 1. The normalized spacial score (nSPS) is 12.5. The van der Waals surface area contributed by atoms with Gasteiger partial charge in [0.15, 0.2) is 11.5 Å². The van der Waals surface area contributed by atoms with Crippen LogP contribution in [0.2, 0.25) is 0 Å². The number of aromatic nitrogens is 1. The van der Waals surface area contributed by atoms with Gasteiger partial charge in [0, 0.05) is 28.7 Å². The molecule has 1 aliphatic heterocycles. The van der Waals surface area contributed by atoms with Crippen LogP contribution in [-0.2, 0) is 11.2 Å². The summed E-state index contributed by atoms with van der Waals surface area (Å²) in [5, 5.41) is 6.86. The second kappa shape index (κ2) is 9.77. The van der Waals surface area contributed by atoms with Gasteiger partial charge in [0.1, 0.15) is 5.70 Å². The summed E-state index contributed by atoms with van der Waals surface area (Å²) in [6.45, 7) is 2.61. The predicted octanol–water partition coefficient (Wildman–Crippen LogP) is 4.33. The molecule has 5 rings (SSSR count). The van der Waals surface area contributed by atoms with E-state index in [1.54, 1.807) is 42.5 Å². The van der Waals surface area contributed by atoms with Gasteiger partial charge in [0.25, 0.3) is 11.8 Å². The molecule has 3 aromatic carbocycles. The van der Waals surface area contributed by atoms with Crippen LogP contribution in [0.1, 0.15) is 27.2 Å². The highest BCUT2D eigenvalue weighted by molar-refractivity contribution is 6.05. The maximum absolute atomic E-state index is 13.2. The second-order valence-electron chi connectivity index (χ2n) is 8.27. The van der Waals surface area contributed by atoms with E-state index in [1.807, 2.05) is 37.3 Å². The van der Waals surface area contributed by atoms with E-state index < -0.39 is 0 Å². The Morgan fingerprint density at radius 3 is 2.60 bits per heavy atom. The fraction of sp³-hybridized carbons (Fsp3) is 0.143. The Balaban J connectivity index is 1.34. The molecule has 0 spiro atoms. The summed E-state index contributed by atoms with van der Waals surface area (Å²) in [4.78, 5) is 29.4. The van der Waals surface area contributed by atoms with E-state index in [2.05, 4.69) is 21.7 Å². The Hall–Kier alpha value is -4.52. The van der Waals surface area contributed by atoms with E-state index in [1.165, 1.54) is 0 Å². The first-order chi connectivity index (χ1) is 17.1. The third-order valence-corrected chi connectivity index (χ3v) is 5.92. The minimum absolute atomic E-state index is 0.147. The van der Waals surface area contributed by atoms with Gasteiger partial charge in [-0.1, -0.05) is 42.5 Å². The maximum atomic E-state index is 13.2. The molecule has 0 bridgehead atoms. The Kier molecular flexibility index (Phi) is 6.22. The van der Waals surface area contributed by atoms with Crippen molar-refractivity contribution in [2.45, 2.75) is 13.3 Å². The highest BCUT2D eigenvalue weighted by Gasteiger charge is 2.17. The number of hydrogen-bond donors (Lipinski definition) is 3. The first-order valence-corrected chi connectivity index (χ1v) is 11.4. The van der Waals surface area contributed by atoms with Crippen LogP contribution in [0.25, 0.3) is 17.0 Å². The van der Waals surface area contributed by atoms with E-state index in [4.69, 9.17) is 9.47 Å². The number of hydrogen-bond acceptors (Lipinski definition) is 4. The van der Waals surface area contributed by atoms with Gasteiger partial charge in [-0.2, -0.15) is 0 Å². The van der Waals surface area contributed by atoms with E-state index >= 15 is 0 Å². The molecule has 1 aromatic heterocycles. The van der Waals surface area contributed by atoms with Crippen LogP contribution in [0.15, 0.2) is 78.5 Å². The Labute approximate surface area is 202 Å². The van der Waals surface area contributed by atoms with Crippen LogP contribution in [0.3, 0.4) is 0 Å². The molecule has 35 heavy (non-hydrogen) atoms. The van der Waals surface area contributed by atoms with Crippen molar-refractivity contribution in [2.24, 2.45) is 0 Å². The van der Waals surface area contributed by atoms with Crippen LogP contribution in [-0.4, -0.2) is 30.1 Å². The summed E-state index contributed by atoms with van der Waals surface area (Å²) >= 11 is 0. The topological polar surface area (TPSA) is 92.5 Å². The van der Waals surface area contributed by atoms with Gasteiger partial charge in [-0.05, 0) is 60.9 Å². The monoisotopic (exact) mass is 467 g/mol. The number of fused-ring (bicyclic) bond motifs is 2. The van der Waals surface area contributed by atoms with Crippen molar-refractivity contribution in [3.05, 3.63) is 101 Å². The smallest absolute Gasteiger partial charge is 0.267 e. The summed E-state index contributed by atoms with van der Waals surface area (Å²) in [7, 11) is 0. The zero-order valence-corrected chi connectivity index (χ0v) is 19.3. The first kappa shape index (κ1) is 22.3. The van der Waals surface area contributed by atoms with Crippen LogP contribution >= 0.6 is 0 Å². The summed E-state index contributed by atoms with van der Waals surface area (Å²) in [6, 6.07) is 22.3. The van der Waals surface area contributed by atoms with Gasteiger partial charge >= 0.3 is 0 Å². The highest BCUT2D eigenvalue weighted by Crippen LogP contribution is 2.33. The molecule has 0 saturated carbocycles. The molecule has 0 atom stereocenters. The molecular weight excluding hydrogens is 442 g/mol. The molecule has 0 radical (unpaired) electrons. The van der Waals surface area contributed by atoms with Crippen LogP contribution < -0.4 is 20.1 Å². The molecule has 0 aliphatic carbocycles. The van der Waals surface area contributed by atoms with Gasteiger partial charge in [0.05, 0.1) is 0 Å². The van der Waals surface area contributed by atoms with Gasteiger partial charge in [-0.25, -0.2) is 0 Å². The second-order valence-corrected chi connectivity index (χ2v) is 8.27. The Bertz CT molecular complexity index is 1420. The minimum atomic E-state index is -0.371. The first-order valence-electron chi connectivity index (χ1n) is 11.4. The molecule has 0 unspecified atom stereocenters. The van der Waals surface area contributed by atoms with Crippen molar-refractivity contribution < 1.29 is 19.1 Å². The van der Waals surface area contributed by atoms with E-state index in [9.17, 15) is 9.59 Å². The molecule has 0 saturated heterocycles. The SMILES string of the molecule is Cc1[nH]c2ccccc2c1CCNC(=O)/C(=C/c1ccc2c(c1)OCO2)NC(=O)c1ccccc1. The van der Waals surface area contributed by atoms with E-state index in [-0.39, 0.29) is 24.3 Å². The number of carbonyl (C=O) groups is 2. The quantitative estimate of drug-likeness (QED) is 0.353. The Morgan fingerprint density at radius 2 is 1.74 bits per heavy atom. The van der Waals surface area contributed by atoms with Gasteiger partial charge < -0.3 is 25.1 Å². The Morgan fingerprint density at radius 1 is 0.971 bits per heavy atom. The fourth-order valence-electron chi connectivity index (χ4n) is 4.17. The molecular formula is C28H25N3O4. The van der Waals surface area contributed by atoms with Crippen molar-refractivity contribution >= 4 is 28.8 Å². The number of rotatable bonds is 7. The standard InChI is InChI=1S/C28H25N3O4/c1-18-21(22-9-5-6-10-23(22)30-18)13-14-29-28(33)24(31-27(32)20-7-3-2-4-8-20)15-19-11-12-25-26(16-19)35-17-34-25/h2-12,15-16,30H,13-14,17H2,1H3,(H,29,33)(H,31,32)/b24-15-. The molecule has 2 heterocycles. The van der Waals surface area contributed by atoms with Crippen molar-refractivity contribution in [3.63, 3.8) is 0 Å². The number of nitrogens with one attached hydrogen (secondary N) is 3. The average Bonchev–Trinajstić information content (AvgIpc) is 3.47. The van der Waals surface area contributed by atoms with Crippen LogP contribution in [0.4, 0.5) is 0 Å². The molecule has 7 heteroatoms. The molecule has 1 aliphatic rings. The zero-order chi connectivity index (χ0) is 24.2. The van der Waals surface area contributed by atoms with Gasteiger partial charge in [0.2, 0.25) is 6.79 Å². The largest absolute Gasteiger partial charge is 0.454 e. The number of ether oxygens (including phenoxy) is 2. The third kappa shape index (κ3) is 4.89. The summed E-state index contributed by atoms with van der Waals surface area (Å²) in [5.74, 6) is 0.517. The van der Waals surface area contributed by atoms with Crippen LogP contribution in [0, 0.1) is 6.92 Å². The lowest BCUT2D eigenvalue weighted by molar-refractivity contribution is -0.117. The van der Waals surface area contributed by atoms with Crippen LogP contribution in [0.5, 0.6) is 11.5 Å². The lowest BCUT2D eigenvalue weighted by Gasteiger charge is -2.12. The lowest BCUT2D eigenvalue weighted by atomic mass is 10.1. The molecule has 0 fully saturated rings. The van der Waals surface area contributed by atoms with Crippen molar-refractivity contribution in [1.82, 2.24) is 15.6 Å². The van der Waals surface area contributed by atoms with Gasteiger partial charge in [-0.15, -0.1) is 0 Å². The minimum Gasteiger partial charge on any atom is -0.454 e. The molecule has 3 N–H and O–H groups in total. The number of benzene rings is 3. The number of aryl methyl sites for hydroxylation is 1. The number of H-pyrrole nitrogens is 1. The van der Waals surface area contributed by atoms with E-state index in [0.717, 1.165) is 22.2 Å². The average molecular weight is 468 g/mol. The molecule has 4 aromatic rings. The summed E-state index contributed by atoms with van der Waals surface area (Å²) in [6.07, 6.45) is 2.29. The number of carbonyl (C=O) groups excluding carboxylic acids is 2. The predicted molar refractivity (Wildman–Crippen MR) is 134 cm³/mol.